The number of ether oxygens (including phenoxy) is 1. The Morgan fingerprint density at radius 2 is 2.06 bits per heavy atom. The Bertz CT molecular complexity index is 360. The maximum absolute atomic E-state index is 11.7. The predicted octanol–water partition coefficient (Wildman–Crippen LogP) is 2.07. The monoisotopic (exact) mass is 233 g/mol. The summed E-state index contributed by atoms with van der Waals surface area (Å²) in [4.78, 5) is 14.0. The van der Waals surface area contributed by atoms with Gasteiger partial charge in [-0.15, -0.1) is 0 Å². The van der Waals surface area contributed by atoms with Gasteiger partial charge in [-0.05, 0) is 25.1 Å². The van der Waals surface area contributed by atoms with Crippen LogP contribution in [0.2, 0.25) is 0 Å². The van der Waals surface area contributed by atoms with E-state index in [1.807, 2.05) is 37.3 Å². The lowest BCUT2D eigenvalue weighted by Gasteiger charge is -2.32. The Hall–Kier alpha value is -1.35. The lowest BCUT2D eigenvalue weighted by molar-refractivity contribution is -0.150. The van der Waals surface area contributed by atoms with E-state index in [0.29, 0.717) is 6.61 Å². The molecule has 0 saturated carbocycles. The first-order valence-electron chi connectivity index (χ1n) is 6.18. The van der Waals surface area contributed by atoms with Gasteiger partial charge in [0.05, 0.1) is 5.92 Å². The van der Waals surface area contributed by atoms with E-state index in [1.165, 1.54) is 6.42 Å². The van der Waals surface area contributed by atoms with Gasteiger partial charge in [-0.1, -0.05) is 37.3 Å². The Kier molecular flexibility index (Phi) is 4.15. The summed E-state index contributed by atoms with van der Waals surface area (Å²) < 4.78 is 5.29. The second kappa shape index (κ2) is 5.82. The van der Waals surface area contributed by atoms with Gasteiger partial charge in [-0.2, -0.15) is 0 Å². The number of rotatable bonds is 5. The number of likely N-dealkylation sites (tertiary alicyclic amines) is 1. The Morgan fingerprint density at radius 3 is 2.65 bits per heavy atom. The SMILES string of the molecule is C[C@H](CN1CCC1)C(=O)OCc1ccccc1. The van der Waals surface area contributed by atoms with Gasteiger partial charge in [0, 0.05) is 6.54 Å². The minimum absolute atomic E-state index is 0.0287. The van der Waals surface area contributed by atoms with E-state index in [0.717, 1.165) is 25.2 Å². The molecule has 0 aliphatic carbocycles. The molecule has 0 bridgehead atoms. The van der Waals surface area contributed by atoms with E-state index >= 15 is 0 Å². The van der Waals surface area contributed by atoms with Crippen LogP contribution in [0.4, 0.5) is 0 Å². The molecule has 3 heteroatoms. The second-order valence-corrected chi connectivity index (χ2v) is 4.65. The zero-order valence-electron chi connectivity index (χ0n) is 10.3. The molecule has 0 spiro atoms. The van der Waals surface area contributed by atoms with Crippen molar-refractivity contribution in [2.45, 2.75) is 20.0 Å². The molecule has 0 amide bonds. The van der Waals surface area contributed by atoms with Gasteiger partial charge >= 0.3 is 5.97 Å². The number of benzene rings is 1. The van der Waals surface area contributed by atoms with Crippen molar-refractivity contribution in [2.75, 3.05) is 19.6 Å². The van der Waals surface area contributed by atoms with E-state index in [2.05, 4.69) is 4.90 Å². The van der Waals surface area contributed by atoms with Gasteiger partial charge in [0.2, 0.25) is 0 Å². The minimum Gasteiger partial charge on any atom is -0.461 e. The van der Waals surface area contributed by atoms with Gasteiger partial charge < -0.3 is 9.64 Å². The first kappa shape index (κ1) is 12.1. The third kappa shape index (κ3) is 3.56. The van der Waals surface area contributed by atoms with Crippen molar-refractivity contribution in [3.8, 4) is 0 Å². The highest BCUT2D eigenvalue weighted by Crippen LogP contribution is 2.11. The third-order valence-corrected chi connectivity index (χ3v) is 3.11. The first-order chi connectivity index (χ1) is 8.25. The molecule has 0 N–H and O–H groups in total. The summed E-state index contributed by atoms with van der Waals surface area (Å²) in [7, 11) is 0. The van der Waals surface area contributed by atoms with Gasteiger partial charge in [-0.25, -0.2) is 0 Å². The normalized spacial score (nSPS) is 17.2. The molecule has 0 radical (unpaired) electrons. The van der Waals surface area contributed by atoms with Crippen molar-refractivity contribution in [3.05, 3.63) is 35.9 Å². The van der Waals surface area contributed by atoms with Crippen LogP contribution in [0.3, 0.4) is 0 Å². The molecule has 92 valence electrons. The van der Waals surface area contributed by atoms with Crippen LogP contribution in [0.15, 0.2) is 30.3 Å². The quantitative estimate of drug-likeness (QED) is 0.729. The van der Waals surface area contributed by atoms with Crippen molar-refractivity contribution in [1.82, 2.24) is 4.90 Å². The molecule has 1 aromatic rings. The molecule has 0 aromatic heterocycles. The fourth-order valence-corrected chi connectivity index (χ4v) is 1.90. The Labute approximate surface area is 102 Å². The highest BCUT2D eigenvalue weighted by molar-refractivity contribution is 5.72. The Balaban J connectivity index is 1.72. The number of hydrogen-bond donors (Lipinski definition) is 0. The summed E-state index contributed by atoms with van der Waals surface area (Å²) in [6.07, 6.45) is 1.26. The highest BCUT2D eigenvalue weighted by Gasteiger charge is 2.21. The van der Waals surface area contributed by atoms with Crippen LogP contribution >= 0.6 is 0 Å². The molecule has 1 saturated heterocycles. The number of esters is 1. The average Bonchev–Trinajstić information content (AvgIpc) is 2.32. The molecule has 1 fully saturated rings. The molecule has 3 nitrogen and oxygen atoms in total. The van der Waals surface area contributed by atoms with Crippen molar-refractivity contribution in [3.63, 3.8) is 0 Å². The largest absolute Gasteiger partial charge is 0.461 e. The van der Waals surface area contributed by atoms with Crippen molar-refractivity contribution >= 4 is 5.97 Å². The van der Waals surface area contributed by atoms with E-state index in [9.17, 15) is 4.79 Å². The number of hydrogen-bond acceptors (Lipinski definition) is 3. The molecular formula is C14H19NO2. The van der Waals surface area contributed by atoms with Crippen LogP contribution in [-0.2, 0) is 16.1 Å². The number of carbonyl (C=O) groups excluding carboxylic acids is 1. The summed E-state index contributed by atoms with van der Waals surface area (Å²) in [6, 6.07) is 9.79. The topological polar surface area (TPSA) is 29.5 Å². The zero-order valence-corrected chi connectivity index (χ0v) is 10.3. The summed E-state index contributed by atoms with van der Waals surface area (Å²) >= 11 is 0. The van der Waals surface area contributed by atoms with Crippen LogP contribution in [0, 0.1) is 5.92 Å². The van der Waals surface area contributed by atoms with Crippen LogP contribution in [0.1, 0.15) is 18.9 Å². The summed E-state index contributed by atoms with van der Waals surface area (Å²) in [5, 5.41) is 0. The van der Waals surface area contributed by atoms with Crippen LogP contribution in [-0.4, -0.2) is 30.5 Å². The molecule has 1 atom stereocenters. The van der Waals surface area contributed by atoms with Gasteiger partial charge in [-0.3, -0.25) is 4.79 Å². The van der Waals surface area contributed by atoms with E-state index in [-0.39, 0.29) is 11.9 Å². The lowest BCUT2D eigenvalue weighted by Crippen LogP contribution is -2.41. The zero-order chi connectivity index (χ0) is 12.1. The standard InChI is InChI=1S/C14H19NO2/c1-12(10-15-8-5-9-15)14(16)17-11-13-6-3-2-4-7-13/h2-4,6-7,12H,5,8-11H2,1H3/t12-/m1/s1. The van der Waals surface area contributed by atoms with Gasteiger partial charge in [0.15, 0.2) is 0 Å². The lowest BCUT2D eigenvalue weighted by atomic mass is 10.1. The molecule has 1 heterocycles. The molecule has 17 heavy (non-hydrogen) atoms. The highest BCUT2D eigenvalue weighted by atomic mass is 16.5. The van der Waals surface area contributed by atoms with Crippen molar-refractivity contribution < 1.29 is 9.53 Å². The Morgan fingerprint density at radius 1 is 1.35 bits per heavy atom. The smallest absolute Gasteiger partial charge is 0.310 e. The summed E-state index contributed by atoms with van der Waals surface area (Å²) in [6.45, 7) is 5.38. The number of nitrogens with zero attached hydrogens (tertiary/aromatic N) is 1. The van der Waals surface area contributed by atoms with E-state index in [4.69, 9.17) is 4.74 Å². The summed E-state index contributed by atoms with van der Waals surface area (Å²) in [5.41, 5.74) is 1.04. The van der Waals surface area contributed by atoms with Crippen molar-refractivity contribution in [1.29, 1.82) is 0 Å². The third-order valence-electron chi connectivity index (χ3n) is 3.11. The maximum atomic E-state index is 11.7. The number of carbonyl (C=O) groups is 1. The maximum Gasteiger partial charge on any atom is 0.310 e. The van der Waals surface area contributed by atoms with Crippen LogP contribution in [0.5, 0.6) is 0 Å². The molecular weight excluding hydrogens is 214 g/mol. The van der Waals surface area contributed by atoms with Crippen LogP contribution in [0.25, 0.3) is 0 Å². The van der Waals surface area contributed by atoms with Gasteiger partial charge in [0.25, 0.3) is 0 Å². The van der Waals surface area contributed by atoms with E-state index < -0.39 is 0 Å². The van der Waals surface area contributed by atoms with Gasteiger partial charge in [0.1, 0.15) is 6.61 Å². The minimum atomic E-state index is -0.0965. The first-order valence-corrected chi connectivity index (χ1v) is 6.18. The summed E-state index contributed by atoms with van der Waals surface area (Å²) in [5.74, 6) is -0.125. The average molecular weight is 233 g/mol. The molecule has 2 rings (SSSR count). The molecule has 1 aliphatic rings. The van der Waals surface area contributed by atoms with Crippen molar-refractivity contribution in [2.24, 2.45) is 5.92 Å². The van der Waals surface area contributed by atoms with E-state index in [1.54, 1.807) is 0 Å². The predicted molar refractivity (Wildman–Crippen MR) is 66.5 cm³/mol. The fourth-order valence-electron chi connectivity index (χ4n) is 1.90. The second-order valence-electron chi connectivity index (χ2n) is 4.65. The molecule has 1 aromatic carbocycles. The van der Waals surface area contributed by atoms with Crippen LogP contribution < -0.4 is 0 Å². The molecule has 1 aliphatic heterocycles. The fraction of sp³-hybridized carbons (Fsp3) is 0.500. The molecule has 0 unspecified atom stereocenters.